The molecule has 1 aliphatic rings. The summed E-state index contributed by atoms with van der Waals surface area (Å²) in [4.78, 5) is 23.1. The lowest BCUT2D eigenvalue weighted by Gasteiger charge is -2.22. The molecule has 0 aromatic rings. The molecule has 4 heteroatoms. The van der Waals surface area contributed by atoms with Gasteiger partial charge in [0, 0.05) is 12.8 Å². The highest BCUT2D eigenvalue weighted by molar-refractivity contribution is 6.08. The second-order valence-electron chi connectivity index (χ2n) is 3.37. The molecule has 0 saturated carbocycles. The highest BCUT2D eigenvalue weighted by Crippen LogP contribution is 2.31. The molecule has 2 unspecified atom stereocenters. The average molecular weight is 198 g/mol. The number of ether oxygens (including phenoxy) is 2. The zero-order valence-corrected chi connectivity index (χ0v) is 8.41. The molecule has 0 N–H and O–H groups in total. The van der Waals surface area contributed by atoms with Crippen molar-refractivity contribution in [3.05, 3.63) is 12.7 Å². The van der Waals surface area contributed by atoms with E-state index in [4.69, 9.17) is 4.74 Å². The molecule has 14 heavy (non-hydrogen) atoms. The van der Waals surface area contributed by atoms with E-state index in [0.717, 1.165) is 0 Å². The summed E-state index contributed by atoms with van der Waals surface area (Å²) in [5.74, 6) is -0.858. The smallest absolute Gasteiger partial charge is 0.346 e. The third-order valence-electron chi connectivity index (χ3n) is 2.27. The SMILES string of the molecule is C=CCC1(C(=O)OC)OC(C)CC1=O. The first-order valence-corrected chi connectivity index (χ1v) is 4.47. The standard InChI is InChI=1S/C10H14O4/c1-4-5-10(9(12)13-3)8(11)6-7(2)14-10/h4,7H,1,5-6H2,2-3H3. The second kappa shape index (κ2) is 3.92. The van der Waals surface area contributed by atoms with Gasteiger partial charge >= 0.3 is 5.97 Å². The van der Waals surface area contributed by atoms with Crippen LogP contribution in [0, 0.1) is 0 Å². The lowest BCUT2D eigenvalue weighted by molar-refractivity contribution is -0.169. The minimum atomic E-state index is -1.43. The zero-order chi connectivity index (χ0) is 10.8. The predicted octanol–water partition coefficient (Wildman–Crippen LogP) is 0.852. The Morgan fingerprint density at radius 2 is 2.50 bits per heavy atom. The van der Waals surface area contributed by atoms with E-state index >= 15 is 0 Å². The Kier molecular flexibility index (Phi) is 3.06. The number of rotatable bonds is 3. The molecule has 2 atom stereocenters. The number of esters is 1. The Bertz CT molecular complexity index is 261. The van der Waals surface area contributed by atoms with Gasteiger partial charge < -0.3 is 9.47 Å². The van der Waals surface area contributed by atoms with E-state index in [9.17, 15) is 9.59 Å². The van der Waals surface area contributed by atoms with E-state index in [2.05, 4.69) is 11.3 Å². The van der Waals surface area contributed by atoms with Gasteiger partial charge in [-0.05, 0) is 6.92 Å². The van der Waals surface area contributed by atoms with Crippen LogP contribution in [0.2, 0.25) is 0 Å². The number of methoxy groups -OCH3 is 1. The fraction of sp³-hybridized carbons (Fsp3) is 0.600. The van der Waals surface area contributed by atoms with Gasteiger partial charge in [0.1, 0.15) is 0 Å². The van der Waals surface area contributed by atoms with Gasteiger partial charge in [-0.2, -0.15) is 0 Å². The van der Waals surface area contributed by atoms with Gasteiger partial charge in [-0.3, -0.25) is 4.79 Å². The summed E-state index contributed by atoms with van der Waals surface area (Å²) in [6.45, 7) is 5.26. The van der Waals surface area contributed by atoms with Crippen molar-refractivity contribution in [2.45, 2.75) is 31.5 Å². The Hall–Kier alpha value is -1.16. The van der Waals surface area contributed by atoms with E-state index < -0.39 is 11.6 Å². The number of carbonyl (C=O) groups excluding carboxylic acids is 2. The molecule has 4 nitrogen and oxygen atoms in total. The summed E-state index contributed by atoms with van der Waals surface area (Å²) >= 11 is 0. The van der Waals surface area contributed by atoms with Crippen LogP contribution in [0.15, 0.2) is 12.7 Å². The van der Waals surface area contributed by atoms with Crippen molar-refractivity contribution in [2.24, 2.45) is 0 Å². The van der Waals surface area contributed by atoms with Crippen molar-refractivity contribution in [3.8, 4) is 0 Å². The lowest BCUT2D eigenvalue weighted by atomic mass is 9.94. The second-order valence-corrected chi connectivity index (χ2v) is 3.37. The van der Waals surface area contributed by atoms with Crippen molar-refractivity contribution in [1.82, 2.24) is 0 Å². The maximum Gasteiger partial charge on any atom is 0.346 e. The van der Waals surface area contributed by atoms with Crippen LogP contribution in [0.3, 0.4) is 0 Å². The van der Waals surface area contributed by atoms with Gasteiger partial charge in [0.2, 0.25) is 5.60 Å². The van der Waals surface area contributed by atoms with Crippen molar-refractivity contribution in [2.75, 3.05) is 7.11 Å². The molecule has 1 aliphatic heterocycles. The Morgan fingerprint density at radius 1 is 1.86 bits per heavy atom. The van der Waals surface area contributed by atoms with Crippen LogP contribution in [0.5, 0.6) is 0 Å². The summed E-state index contributed by atoms with van der Waals surface area (Å²) in [5.41, 5.74) is -1.43. The van der Waals surface area contributed by atoms with E-state index in [1.807, 2.05) is 0 Å². The number of ketones is 1. The molecule has 0 aromatic carbocycles. The minimum absolute atomic E-state index is 0.169. The third-order valence-corrected chi connectivity index (χ3v) is 2.27. The topological polar surface area (TPSA) is 52.6 Å². The molecule has 0 aromatic heterocycles. The summed E-state index contributed by atoms with van der Waals surface area (Å²) in [7, 11) is 1.24. The van der Waals surface area contributed by atoms with E-state index in [1.54, 1.807) is 6.92 Å². The van der Waals surface area contributed by atoms with Crippen LogP contribution in [-0.4, -0.2) is 30.6 Å². The summed E-state index contributed by atoms with van der Waals surface area (Å²) < 4.78 is 9.94. The van der Waals surface area contributed by atoms with Gasteiger partial charge in [0.05, 0.1) is 13.2 Å². The first-order chi connectivity index (χ1) is 6.56. The van der Waals surface area contributed by atoms with Crippen molar-refractivity contribution in [1.29, 1.82) is 0 Å². The van der Waals surface area contributed by atoms with Crippen molar-refractivity contribution >= 4 is 11.8 Å². The molecule has 0 radical (unpaired) electrons. The van der Waals surface area contributed by atoms with E-state index in [-0.39, 0.29) is 24.7 Å². The largest absolute Gasteiger partial charge is 0.467 e. The zero-order valence-electron chi connectivity index (χ0n) is 8.41. The number of hydrogen-bond acceptors (Lipinski definition) is 4. The Labute approximate surface area is 82.9 Å². The molecular formula is C10H14O4. The van der Waals surface area contributed by atoms with E-state index in [1.165, 1.54) is 13.2 Å². The van der Waals surface area contributed by atoms with Crippen molar-refractivity contribution < 1.29 is 19.1 Å². The van der Waals surface area contributed by atoms with Crippen molar-refractivity contribution in [3.63, 3.8) is 0 Å². The first-order valence-electron chi connectivity index (χ1n) is 4.47. The van der Waals surface area contributed by atoms with Gasteiger partial charge in [0.15, 0.2) is 5.78 Å². The Balaban J connectivity index is 2.98. The molecule has 1 saturated heterocycles. The fourth-order valence-electron chi connectivity index (χ4n) is 1.65. The highest BCUT2D eigenvalue weighted by Gasteiger charge is 2.52. The molecular weight excluding hydrogens is 184 g/mol. The number of Topliss-reactive ketones (excluding diaryl/α,β-unsaturated/α-hetero) is 1. The first kappa shape index (κ1) is 10.9. The normalized spacial score (nSPS) is 31.6. The van der Waals surface area contributed by atoms with Crippen LogP contribution < -0.4 is 0 Å². The van der Waals surface area contributed by atoms with Crippen LogP contribution in [0.25, 0.3) is 0 Å². The van der Waals surface area contributed by atoms with Crippen LogP contribution in [-0.2, 0) is 19.1 Å². The maximum atomic E-state index is 11.6. The summed E-state index contributed by atoms with van der Waals surface area (Å²) in [6.07, 6.45) is 1.68. The minimum Gasteiger partial charge on any atom is -0.467 e. The van der Waals surface area contributed by atoms with Crippen LogP contribution in [0.4, 0.5) is 0 Å². The van der Waals surface area contributed by atoms with Gasteiger partial charge in [-0.25, -0.2) is 4.79 Å². The molecule has 0 amide bonds. The van der Waals surface area contributed by atoms with Crippen LogP contribution >= 0.6 is 0 Å². The van der Waals surface area contributed by atoms with Gasteiger partial charge in [-0.1, -0.05) is 6.08 Å². The fourth-order valence-corrected chi connectivity index (χ4v) is 1.65. The van der Waals surface area contributed by atoms with Gasteiger partial charge in [0.25, 0.3) is 0 Å². The quantitative estimate of drug-likeness (QED) is 0.383. The van der Waals surface area contributed by atoms with Crippen LogP contribution in [0.1, 0.15) is 19.8 Å². The average Bonchev–Trinajstić information content (AvgIpc) is 2.42. The summed E-state index contributed by atoms with van der Waals surface area (Å²) in [6, 6.07) is 0. The molecule has 1 fully saturated rings. The lowest BCUT2D eigenvalue weighted by Crippen LogP contribution is -2.45. The summed E-state index contributed by atoms with van der Waals surface area (Å²) in [5, 5.41) is 0. The molecule has 0 bridgehead atoms. The molecule has 78 valence electrons. The molecule has 1 rings (SSSR count). The molecule has 1 heterocycles. The van der Waals surface area contributed by atoms with E-state index in [0.29, 0.717) is 0 Å². The third kappa shape index (κ3) is 1.57. The molecule has 0 spiro atoms. The maximum absolute atomic E-state index is 11.6. The number of hydrogen-bond donors (Lipinski definition) is 0. The molecule has 0 aliphatic carbocycles. The van der Waals surface area contributed by atoms with Gasteiger partial charge in [-0.15, -0.1) is 6.58 Å². The Morgan fingerprint density at radius 3 is 2.86 bits per heavy atom. The predicted molar refractivity (Wildman–Crippen MR) is 49.7 cm³/mol. The number of carbonyl (C=O) groups is 2. The highest BCUT2D eigenvalue weighted by atomic mass is 16.6. The monoisotopic (exact) mass is 198 g/mol.